The number of hydrogen-bond donors (Lipinski definition) is 0. The van der Waals surface area contributed by atoms with E-state index in [0.717, 1.165) is 12.0 Å². The number of allylic oxidation sites excluding steroid dienone is 2. The lowest BCUT2D eigenvalue weighted by Crippen LogP contribution is -2.18. The Morgan fingerprint density at radius 3 is 3.33 bits per heavy atom. The zero-order valence-electron chi connectivity index (χ0n) is 8.64. The Morgan fingerprint density at radius 2 is 2.53 bits per heavy atom. The molecule has 0 saturated heterocycles. The summed E-state index contributed by atoms with van der Waals surface area (Å²) in [5, 5.41) is 0. The Balaban J connectivity index is 2.19. The molecule has 0 saturated carbocycles. The van der Waals surface area contributed by atoms with Gasteiger partial charge in [-0.3, -0.25) is 4.99 Å². The van der Waals surface area contributed by atoms with Crippen LogP contribution in [0.25, 0.3) is 0 Å². The largest absolute Gasteiger partial charge is 0.462 e. The van der Waals surface area contributed by atoms with Gasteiger partial charge in [0.1, 0.15) is 0 Å². The summed E-state index contributed by atoms with van der Waals surface area (Å²) in [6.45, 7) is 2.19. The number of carbonyl (C=O) groups excluding carboxylic acids is 1. The van der Waals surface area contributed by atoms with Crippen molar-refractivity contribution in [2.75, 3.05) is 6.61 Å². The highest BCUT2D eigenvalue weighted by molar-refractivity contribution is 6.10. The molecule has 0 spiro atoms. The smallest absolute Gasteiger partial charge is 0.339 e. The predicted molar refractivity (Wildman–Crippen MR) is 58.8 cm³/mol. The normalized spacial score (nSPS) is 22.9. The molecule has 3 nitrogen and oxygen atoms in total. The van der Waals surface area contributed by atoms with E-state index in [1.807, 2.05) is 18.2 Å². The highest BCUT2D eigenvalue weighted by Crippen LogP contribution is 2.22. The lowest BCUT2D eigenvalue weighted by atomic mass is 9.95. The summed E-state index contributed by atoms with van der Waals surface area (Å²) in [5.41, 5.74) is 1.62. The molecule has 1 unspecified atom stereocenters. The van der Waals surface area contributed by atoms with Crippen LogP contribution in [0.4, 0.5) is 0 Å². The van der Waals surface area contributed by atoms with Crippen LogP contribution in [0.1, 0.15) is 13.3 Å². The van der Waals surface area contributed by atoms with Crippen LogP contribution in [0, 0.1) is 0 Å². The number of hydrogen-bond acceptors (Lipinski definition) is 3. The fourth-order valence-electron chi connectivity index (χ4n) is 1.64. The molecule has 1 heterocycles. The van der Waals surface area contributed by atoms with Crippen molar-refractivity contribution < 1.29 is 9.53 Å². The number of carbonyl (C=O) groups is 1. The first-order valence-electron chi connectivity index (χ1n) is 5.10. The molecular weight excluding hydrogens is 190 g/mol. The van der Waals surface area contributed by atoms with Crippen molar-refractivity contribution >= 4 is 12.2 Å². The van der Waals surface area contributed by atoms with Gasteiger partial charge in [-0.05, 0) is 25.0 Å². The molecule has 2 rings (SSSR count). The molecule has 1 aliphatic heterocycles. The highest BCUT2D eigenvalue weighted by atomic mass is 16.5. The van der Waals surface area contributed by atoms with Crippen LogP contribution in [0.2, 0.25) is 0 Å². The van der Waals surface area contributed by atoms with Crippen molar-refractivity contribution in [1.82, 2.24) is 0 Å². The molecular formula is C12H13NO2. The number of fused-ring (bicyclic) bond motifs is 1. The molecule has 0 bridgehead atoms. The Bertz CT molecular complexity index is 388. The van der Waals surface area contributed by atoms with E-state index >= 15 is 0 Å². The number of dihydropyridines is 1. The van der Waals surface area contributed by atoms with Crippen LogP contribution < -0.4 is 0 Å². The van der Waals surface area contributed by atoms with Gasteiger partial charge in [0.15, 0.2) is 0 Å². The summed E-state index contributed by atoms with van der Waals surface area (Å²) >= 11 is 0. The third-order valence-electron chi connectivity index (χ3n) is 2.40. The third kappa shape index (κ3) is 2.06. The van der Waals surface area contributed by atoms with Crippen molar-refractivity contribution in [3.8, 4) is 0 Å². The Labute approximate surface area is 88.8 Å². The maximum atomic E-state index is 11.4. The zero-order chi connectivity index (χ0) is 10.7. The highest BCUT2D eigenvalue weighted by Gasteiger charge is 2.19. The van der Waals surface area contributed by atoms with E-state index < -0.39 is 0 Å². The molecule has 0 amide bonds. The molecule has 2 aliphatic rings. The lowest BCUT2D eigenvalue weighted by molar-refractivity contribution is -0.137. The van der Waals surface area contributed by atoms with E-state index in [9.17, 15) is 4.79 Å². The SMILES string of the molecule is CCOC(=O)C1=CC2=CC=CCC2N=C1. The third-order valence-corrected chi connectivity index (χ3v) is 2.40. The summed E-state index contributed by atoms with van der Waals surface area (Å²) in [6, 6.07) is 0.188. The van der Waals surface area contributed by atoms with Gasteiger partial charge >= 0.3 is 5.97 Å². The van der Waals surface area contributed by atoms with Crippen molar-refractivity contribution in [1.29, 1.82) is 0 Å². The minimum absolute atomic E-state index is 0.188. The number of ether oxygens (including phenoxy) is 1. The number of aliphatic imine (C=N–C) groups is 1. The maximum Gasteiger partial charge on any atom is 0.339 e. The molecule has 15 heavy (non-hydrogen) atoms. The summed E-state index contributed by atoms with van der Waals surface area (Å²) in [6.07, 6.45) is 10.4. The second-order valence-electron chi connectivity index (χ2n) is 3.44. The molecule has 0 fully saturated rings. The van der Waals surface area contributed by atoms with Crippen LogP contribution in [-0.4, -0.2) is 24.8 Å². The molecule has 1 aliphatic carbocycles. The number of rotatable bonds is 2. The van der Waals surface area contributed by atoms with E-state index in [2.05, 4.69) is 11.1 Å². The van der Waals surface area contributed by atoms with Gasteiger partial charge in [0.2, 0.25) is 0 Å². The van der Waals surface area contributed by atoms with Gasteiger partial charge in [0.05, 0.1) is 18.2 Å². The van der Waals surface area contributed by atoms with E-state index in [1.165, 1.54) is 0 Å². The fraction of sp³-hybridized carbons (Fsp3) is 0.333. The van der Waals surface area contributed by atoms with Crippen molar-refractivity contribution in [3.63, 3.8) is 0 Å². The molecule has 0 N–H and O–H groups in total. The molecule has 3 heteroatoms. The first-order valence-corrected chi connectivity index (χ1v) is 5.10. The monoisotopic (exact) mass is 203 g/mol. The van der Waals surface area contributed by atoms with Gasteiger partial charge in [-0.25, -0.2) is 4.79 Å². The number of nitrogens with zero attached hydrogens (tertiary/aromatic N) is 1. The minimum Gasteiger partial charge on any atom is -0.462 e. The van der Waals surface area contributed by atoms with Gasteiger partial charge in [0, 0.05) is 6.21 Å². The number of esters is 1. The van der Waals surface area contributed by atoms with Crippen LogP contribution in [0.3, 0.4) is 0 Å². The molecule has 0 aromatic heterocycles. The van der Waals surface area contributed by atoms with Crippen LogP contribution in [0.5, 0.6) is 0 Å². The second-order valence-corrected chi connectivity index (χ2v) is 3.44. The van der Waals surface area contributed by atoms with Gasteiger partial charge in [0.25, 0.3) is 0 Å². The molecule has 1 atom stereocenters. The Kier molecular flexibility index (Phi) is 2.81. The Hall–Kier alpha value is -1.64. The second kappa shape index (κ2) is 4.26. The van der Waals surface area contributed by atoms with Crippen molar-refractivity contribution in [2.45, 2.75) is 19.4 Å². The van der Waals surface area contributed by atoms with E-state index in [1.54, 1.807) is 13.1 Å². The zero-order valence-corrected chi connectivity index (χ0v) is 8.64. The van der Waals surface area contributed by atoms with Crippen molar-refractivity contribution in [2.24, 2.45) is 4.99 Å². The van der Waals surface area contributed by atoms with Crippen LogP contribution >= 0.6 is 0 Å². The van der Waals surface area contributed by atoms with Crippen LogP contribution in [-0.2, 0) is 9.53 Å². The van der Waals surface area contributed by atoms with E-state index in [4.69, 9.17) is 4.74 Å². The van der Waals surface area contributed by atoms with Crippen molar-refractivity contribution in [3.05, 3.63) is 35.5 Å². The van der Waals surface area contributed by atoms with Gasteiger partial charge in [-0.2, -0.15) is 0 Å². The average Bonchev–Trinajstić information content (AvgIpc) is 2.29. The van der Waals surface area contributed by atoms with E-state index in [-0.39, 0.29) is 12.0 Å². The summed E-state index contributed by atoms with van der Waals surface area (Å²) in [5.74, 6) is -0.296. The summed E-state index contributed by atoms with van der Waals surface area (Å²) in [4.78, 5) is 15.8. The first-order chi connectivity index (χ1) is 7.31. The van der Waals surface area contributed by atoms with Gasteiger partial charge < -0.3 is 4.74 Å². The summed E-state index contributed by atoms with van der Waals surface area (Å²) in [7, 11) is 0. The molecule has 0 aromatic rings. The maximum absolute atomic E-state index is 11.4. The average molecular weight is 203 g/mol. The van der Waals surface area contributed by atoms with Gasteiger partial charge in [-0.15, -0.1) is 0 Å². The van der Waals surface area contributed by atoms with Crippen LogP contribution in [0.15, 0.2) is 40.4 Å². The minimum atomic E-state index is -0.296. The summed E-state index contributed by atoms with van der Waals surface area (Å²) < 4.78 is 4.92. The molecule has 0 aromatic carbocycles. The standard InChI is InChI=1S/C12H13NO2/c1-2-15-12(14)10-7-9-5-3-4-6-11(9)13-8-10/h3-5,7-8,11H,2,6H2,1H3. The quantitative estimate of drug-likeness (QED) is 0.642. The predicted octanol–water partition coefficient (Wildman–Crippen LogP) is 1.82. The van der Waals surface area contributed by atoms with Gasteiger partial charge in [-0.1, -0.05) is 18.2 Å². The molecule has 0 radical (unpaired) electrons. The lowest BCUT2D eigenvalue weighted by Gasteiger charge is -2.19. The topological polar surface area (TPSA) is 38.7 Å². The Morgan fingerprint density at radius 1 is 1.67 bits per heavy atom. The fourth-order valence-corrected chi connectivity index (χ4v) is 1.64. The molecule has 78 valence electrons. The van der Waals surface area contributed by atoms with E-state index in [0.29, 0.717) is 12.2 Å². The first kappa shape index (κ1) is 9.90.